The van der Waals surface area contributed by atoms with E-state index in [2.05, 4.69) is 15.0 Å². The van der Waals surface area contributed by atoms with Crippen molar-refractivity contribution in [2.24, 2.45) is 0 Å². The average molecular weight is 649 g/mol. The Bertz CT molecular complexity index is 1540. The Balaban J connectivity index is 1.72. The Morgan fingerprint density at radius 3 is 2.24 bits per heavy atom. The lowest BCUT2D eigenvalue weighted by Gasteiger charge is -2.34. The number of anilines is 2. The van der Waals surface area contributed by atoms with Gasteiger partial charge in [0.1, 0.15) is 22.8 Å². The van der Waals surface area contributed by atoms with Crippen molar-refractivity contribution in [2.75, 3.05) is 23.3 Å². The first-order valence-electron chi connectivity index (χ1n) is 15.3. The molecule has 1 fully saturated rings. The van der Waals surface area contributed by atoms with Crippen LogP contribution >= 0.6 is 0 Å². The molecule has 0 bridgehead atoms. The SMILES string of the molecule is CC(C)c1cnc2c(N(Cc3ccccc3OC(F)(F)F)C(=O)OC(C)(C)C)cc(NC3CCN(C(=O)OC(C)(C)C)CC3)nn12. The molecule has 1 aromatic carbocycles. The molecule has 0 unspecified atom stereocenters. The maximum absolute atomic E-state index is 13.8. The Morgan fingerprint density at radius 1 is 1.02 bits per heavy atom. The van der Waals surface area contributed by atoms with E-state index in [1.807, 2.05) is 34.6 Å². The van der Waals surface area contributed by atoms with E-state index in [-0.39, 0.29) is 35.8 Å². The second-order valence-corrected chi connectivity index (χ2v) is 13.6. The molecule has 11 nitrogen and oxygen atoms in total. The van der Waals surface area contributed by atoms with Gasteiger partial charge in [0.15, 0.2) is 5.65 Å². The van der Waals surface area contributed by atoms with E-state index in [0.717, 1.165) is 5.69 Å². The maximum atomic E-state index is 13.8. The molecule has 1 aliphatic heterocycles. The molecule has 1 N–H and O–H groups in total. The minimum absolute atomic E-state index is 0.0126. The van der Waals surface area contributed by atoms with Crippen molar-refractivity contribution in [2.45, 2.75) is 104 Å². The first kappa shape index (κ1) is 34.6. The number of fused-ring (bicyclic) bond motifs is 1. The second kappa shape index (κ2) is 13.2. The van der Waals surface area contributed by atoms with E-state index in [1.54, 1.807) is 48.5 Å². The number of piperidine rings is 1. The lowest BCUT2D eigenvalue weighted by molar-refractivity contribution is -0.274. The van der Waals surface area contributed by atoms with E-state index < -0.39 is 29.4 Å². The van der Waals surface area contributed by atoms with E-state index in [9.17, 15) is 22.8 Å². The molecule has 2 amide bonds. The number of benzene rings is 1. The summed E-state index contributed by atoms with van der Waals surface area (Å²) in [6.07, 6.45) is -3.18. The minimum Gasteiger partial charge on any atom is -0.444 e. The standard InChI is InChI=1S/C32H43F3N6O5/c1-20(2)24-18-36-27-23(17-26(38-41(24)27)37-22-13-15-39(16-14-22)28(42)45-30(3,4)5)40(29(43)46-31(6,7)8)19-21-11-9-10-12-25(21)44-32(33,34)35/h9-12,17-18,20,22H,13-16,19H2,1-8H3,(H,37,38). The zero-order chi connectivity index (χ0) is 34.0. The van der Waals surface area contributed by atoms with E-state index in [4.69, 9.17) is 14.6 Å². The number of para-hydroxylation sites is 1. The molecule has 3 aromatic rings. The highest BCUT2D eigenvalue weighted by Crippen LogP contribution is 2.33. The topological polar surface area (TPSA) is 111 Å². The van der Waals surface area contributed by atoms with Crippen LogP contribution in [0.15, 0.2) is 36.5 Å². The Morgan fingerprint density at radius 2 is 1.65 bits per heavy atom. The minimum atomic E-state index is -4.93. The summed E-state index contributed by atoms with van der Waals surface area (Å²) in [7, 11) is 0. The van der Waals surface area contributed by atoms with Crippen LogP contribution in [0.4, 0.5) is 34.3 Å². The molecule has 0 saturated carbocycles. The predicted octanol–water partition coefficient (Wildman–Crippen LogP) is 7.50. The number of imidazole rings is 1. The van der Waals surface area contributed by atoms with E-state index in [1.165, 1.54) is 23.1 Å². The van der Waals surface area contributed by atoms with Crippen LogP contribution in [0.5, 0.6) is 5.75 Å². The first-order valence-corrected chi connectivity index (χ1v) is 15.3. The number of hydrogen-bond acceptors (Lipinski definition) is 8. The number of amides is 2. The lowest BCUT2D eigenvalue weighted by Crippen LogP contribution is -2.44. The van der Waals surface area contributed by atoms with Gasteiger partial charge < -0.3 is 24.4 Å². The van der Waals surface area contributed by atoms with Crippen LogP contribution in [0.3, 0.4) is 0 Å². The lowest BCUT2D eigenvalue weighted by atomic mass is 10.1. The third-order valence-corrected chi connectivity index (χ3v) is 7.00. The van der Waals surface area contributed by atoms with Crippen molar-refractivity contribution in [3.63, 3.8) is 0 Å². The monoisotopic (exact) mass is 648 g/mol. The number of likely N-dealkylation sites (tertiary alicyclic amines) is 1. The second-order valence-electron chi connectivity index (χ2n) is 13.6. The van der Waals surface area contributed by atoms with Crippen molar-refractivity contribution in [1.82, 2.24) is 19.5 Å². The van der Waals surface area contributed by atoms with Crippen LogP contribution in [-0.2, 0) is 16.0 Å². The fraction of sp³-hybridized carbons (Fsp3) is 0.562. The highest BCUT2D eigenvalue weighted by Gasteiger charge is 2.34. The predicted molar refractivity (Wildman–Crippen MR) is 167 cm³/mol. The van der Waals surface area contributed by atoms with Crippen LogP contribution in [0.25, 0.3) is 5.65 Å². The van der Waals surface area contributed by atoms with Gasteiger partial charge in [-0.25, -0.2) is 19.1 Å². The molecule has 4 rings (SSSR count). The van der Waals surface area contributed by atoms with Crippen molar-refractivity contribution in [3.8, 4) is 5.75 Å². The number of carbonyl (C=O) groups excluding carboxylic acids is 2. The molecule has 0 spiro atoms. The molecule has 1 aliphatic rings. The number of nitrogens with one attached hydrogen (secondary N) is 1. The zero-order valence-corrected chi connectivity index (χ0v) is 27.6. The summed E-state index contributed by atoms with van der Waals surface area (Å²) in [5.74, 6) is 0.00000109. The molecule has 46 heavy (non-hydrogen) atoms. The summed E-state index contributed by atoms with van der Waals surface area (Å²) in [6, 6.07) is 7.23. The van der Waals surface area contributed by atoms with Gasteiger partial charge in [-0.15, -0.1) is 18.3 Å². The number of alkyl halides is 3. The molecule has 0 atom stereocenters. The molecule has 252 valence electrons. The number of ether oxygens (including phenoxy) is 3. The maximum Gasteiger partial charge on any atom is 0.573 e. The normalized spacial score (nSPS) is 14.8. The van der Waals surface area contributed by atoms with Crippen molar-refractivity contribution < 1.29 is 37.0 Å². The van der Waals surface area contributed by atoms with Crippen LogP contribution in [0.1, 0.15) is 85.4 Å². The Kier molecular flexibility index (Phi) is 9.98. The molecule has 14 heteroatoms. The quantitative estimate of drug-likeness (QED) is 0.280. The summed E-state index contributed by atoms with van der Waals surface area (Å²) in [5.41, 5.74) is -0.00613. The van der Waals surface area contributed by atoms with Gasteiger partial charge in [-0.05, 0) is 66.4 Å². The number of hydrogen-bond donors (Lipinski definition) is 1. The van der Waals surface area contributed by atoms with E-state index in [0.29, 0.717) is 37.4 Å². The number of carbonyl (C=O) groups is 2. The third kappa shape index (κ3) is 9.16. The fourth-order valence-corrected chi connectivity index (χ4v) is 4.97. The summed E-state index contributed by atoms with van der Waals surface area (Å²) in [6.45, 7) is 15.2. The van der Waals surface area contributed by atoms with Crippen LogP contribution < -0.4 is 15.0 Å². The van der Waals surface area contributed by atoms with Gasteiger partial charge >= 0.3 is 18.5 Å². The van der Waals surface area contributed by atoms with Gasteiger partial charge in [-0.2, -0.15) is 0 Å². The molecular weight excluding hydrogens is 605 g/mol. The smallest absolute Gasteiger partial charge is 0.444 e. The molecule has 2 aromatic heterocycles. The molecule has 0 aliphatic carbocycles. The Labute approximate surface area is 267 Å². The zero-order valence-electron chi connectivity index (χ0n) is 27.6. The molecule has 0 radical (unpaired) electrons. The van der Waals surface area contributed by atoms with Gasteiger partial charge in [0.25, 0.3) is 0 Å². The van der Waals surface area contributed by atoms with Crippen molar-refractivity contribution >= 4 is 29.3 Å². The highest BCUT2D eigenvalue weighted by molar-refractivity contribution is 5.93. The summed E-state index contributed by atoms with van der Waals surface area (Å²) in [4.78, 5) is 33.8. The molecule has 1 saturated heterocycles. The van der Waals surface area contributed by atoms with E-state index >= 15 is 0 Å². The summed E-state index contributed by atoms with van der Waals surface area (Å²) < 4.78 is 57.0. The molecular formula is C32H43F3N6O5. The Hall–Kier alpha value is -4.23. The van der Waals surface area contributed by atoms with Gasteiger partial charge in [0, 0.05) is 30.8 Å². The van der Waals surface area contributed by atoms with Crippen LogP contribution in [-0.4, -0.2) is 68.4 Å². The fourth-order valence-electron chi connectivity index (χ4n) is 4.97. The largest absolute Gasteiger partial charge is 0.573 e. The molecule has 3 heterocycles. The number of aromatic nitrogens is 3. The first-order chi connectivity index (χ1) is 21.3. The van der Waals surface area contributed by atoms with Gasteiger partial charge in [-0.3, -0.25) is 4.90 Å². The van der Waals surface area contributed by atoms with Crippen LogP contribution in [0.2, 0.25) is 0 Å². The highest BCUT2D eigenvalue weighted by atomic mass is 19.4. The van der Waals surface area contributed by atoms with Crippen molar-refractivity contribution in [3.05, 3.63) is 47.8 Å². The van der Waals surface area contributed by atoms with Gasteiger partial charge in [-0.1, -0.05) is 32.0 Å². The van der Waals surface area contributed by atoms with Crippen LogP contribution in [0, 0.1) is 0 Å². The number of rotatable bonds is 7. The number of nitrogens with zero attached hydrogens (tertiary/aromatic N) is 5. The average Bonchev–Trinajstić information content (AvgIpc) is 3.34. The summed E-state index contributed by atoms with van der Waals surface area (Å²) >= 11 is 0. The van der Waals surface area contributed by atoms with Crippen molar-refractivity contribution in [1.29, 1.82) is 0 Å². The number of halogens is 3. The van der Waals surface area contributed by atoms with Gasteiger partial charge in [0.05, 0.1) is 24.1 Å². The summed E-state index contributed by atoms with van der Waals surface area (Å²) in [5, 5.41) is 8.22. The van der Waals surface area contributed by atoms with Gasteiger partial charge in [0.2, 0.25) is 0 Å². The third-order valence-electron chi connectivity index (χ3n) is 7.00.